The molecule has 2 aliphatic heterocycles. The van der Waals surface area contributed by atoms with Crippen LogP contribution < -0.4 is 10.7 Å². The second-order valence-corrected chi connectivity index (χ2v) is 5.92. The van der Waals surface area contributed by atoms with E-state index in [4.69, 9.17) is 16.3 Å². The molecule has 9 heteroatoms. The van der Waals surface area contributed by atoms with Gasteiger partial charge in [-0.15, -0.1) is 0 Å². The molecule has 124 valence electrons. The van der Waals surface area contributed by atoms with E-state index in [1.165, 1.54) is 6.20 Å². The number of carbonyl (C=O) groups excluding carboxylic acids is 1. The van der Waals surface area contributed by atoms with Crippen molar-refractivity contribution in [3.05, 3.63) is 29.1 Å². The van der Waals surface area contributed by atoms with Crippen LogP contribution in [0.25, 0.3) is 0 Å². The van der Waals surface area contributed by atoms with E-state index in [-0.39, 0.29) is 18.0 Å². The first kappa shape index (κ1) is 15.8. The zero-order chi connectivity index (χ0) is 16.2. The molecule has 1 unspecified atom stereocenters. The molecule has 3 heterocycles. The predicted molar refractivity (Wildman–Crippen MR) is 86.2 cm³/mol. The van der Waals surface area contributed by atoms with Gasteiger partial charge in [0.1, 0.15) is 11.5 Å². The number of nitrogens with zero attached hydrogens (tertiary/aromatic N) is 3. The third-order valence-electron chi connectivity index (χ3n) is 3.81. The highest BCUT2D eigenvalue weighted by molar-refractivity contribution is 6.32. The van der Waals surface area contributed by atoms with Gasteiger partial charge in [0.2, 0.25) is 0 Å². The van der Waals surface area contributed by atoms with Crippen LogP contribution in [0.1, 0.15) is 17.4 Å². The van der Waals surface area contributed by atoms with Crippen LogP contribution in [0, 0.1) is 0 Å². The van der Waals surface area contributed by atoms with E-state index < -0.39 is 0 Å². The number of nitrogens with one attached hydrogen (secondary N) is 3. The van der Waals surface area contributed by atoms with Gasteiger partial charge in [-0.1, -0.05) is 11.6 Å². The number of aromatic amines is 1. The third kappa shape index (κ3) is 3.65. The predicted octanol–water partition coefficient (Wildman–Crippen LogP) is 0.268. The van der Waals surface area contributed by atoms with E-state index in [2.05, 4.69) is 37.9 Å². The van der Waals surface area contributed by atoms with Gasteiger partial charge in [-0.05, 0) is 19.1 Å². The summed E-state index contributed by atoms with van der Waals surface area (Å²) in [6.07, 6.45) is 3.37. The van der Waals surface area contributed by atoms with Crippen LogP contribution in [-0.4, -0.2) is 65.2 Å². The average molecular weight is 339 g/mol. The Morgan fingerprint density at radius 2 is 2.48 bits per heavy atom. The molecule has 0 saturated carbocycles. The quantitative estimate of drug-likeness (QED) is 0.735. The molecule has 23 heavy (non-hydrogen) atoms. The van der Waals surface area contributed by atoms with Crippen molar-refractivity contribution >= 4 is 23.3 Å². The standard InChI is InChI=1S/C14H19ClN6O2/c1-9-8-23-5-4-21(9)13-6-10(15)12(19-20-13)7-16-14(22)11-2-3-17-18-11/h2-3,6,9,12,19H,4-5,7-8H2,1H3,(H,16,22)(H,17,18)/t9-,12?/m1/s1. The number of hydrogen-bond acceptors (Lipinski definition) is 6. The second-order valence-electron chi connectivity index (χ2n) is 5.48. The van der Waals surface area contributed by atoms with Crippen molar-refractivity contribution in [2.75, 3.05) is 26.3 Å². The number of amides is 1. The van der Waals surface area contributed by atoms with Crippen molar-refractivity contribution in [3.8, 4) is 0 Å². The van der Waals surface area contributed by atoms with Gasteiger partial charge < -0.3 is 15.0 Å². The van der Waals surface area contributed by atoms with E-state index in [0.29, 0.717) is 30.5 Å². The molecular formula is C14H19ClN6O2. The number of carbonyl (C=O) groups is 1. The lowest BCUT2D eigenvalue weighted by Gasteiger charge is -2.36. The molecule has 0 radical (unpaired) electrons. The van der Waals surface area contributed by atoms with Crippen LogP contribution in [0.5, 0.6) is 0 Å². The van der Waals surface area contributed by atoms with Gasteiger partial charge >= 0.3 is 0 Å². The third-order valence-corrected chi connectivity index (χ3v) is 4.18. The molecule has 1 fully saturated rings. The average Bonchev–Trinajstić information content (AvgIpc) is 3.08. The van der Waals surface area contributed by atoms with E-state index in [1.807, 2.05) is 6.08 Å². The first-order valence-corrected chi connectivity index (χ1v) is 7.85. The van der Waals surface area contributed by atoms with Crippen LogP contribution in [0.15, 0.2) is 28.5 Å². The summed E-state index contributed by atoms with van der Waals surface area (Å²) in [6, 6.07) is 1.61. The van der Waals surface area contributed by atoms with Crippen LogP contribution in [0.4, 0.5) is 0 Å². The van der Waals surface area contributed by atoms with E-state index >= 15 is 0 Å². The zero-order valence-corrected chi connectivity index (χ0v) is 13.5. The Bertz CT molecular complexity index is 615. The number of hydrogen-bond donors (Lipinski definition) is 3. The molecule has 3 rings (SSSR count). The highest BCUT2D eigenvalue weighted by Crippen LogP contribution is 2.16. The Morgan fingerprint density at radius 1 is 1.61 bits per heavy atom. The topological polar surface area (TPSA) is 94.6 Å². The smallest absolute Gasteiger partial charge is 0.269 e. The van der Waals surface area contributed by atoms with Gasteiger partial charge in [-0.2, -0.15) is 10.2 Å². The van der Waals surface area contributed by atoms with Crippen molar-refractivity contribution in [1.82, 2.24) is 25.8 Å². The van der Waals surface area contributed by atoms with Gasteiger partial charge in [0, 0.05) is 24.3 Å². The SMILES string of the molecule is C[C@@H]1COCCN1C1=NNC(CNC(=O)c2ccn[nH]2)C(Cl)=C1. The van der Waals surface area contributed by atoms with Gasteiger partial charge in [0.15, 0.2) is 0 Å². The van der Waals surface area contributed by atoms with Crippen molar-refractivity contribution in [1.29, 1.82) is 0 Å². The zero-order valence-electron chi connectivity index (χ0n) is 12.8. The summed E-state index contributed by atoms with van der Waals surface area (Å²) in [5.41, 5.74) is 3.41. The fraction of sp³-hybridized carbons (Fsp3) is 0.500. The Kier molecular flexibility index (Phi) is 4.82. The molecule has 0 aliphatic carbocycles. The molecule has 2 aliphatic rings. The van der Waals surface area contributed by atoms with E-state index in [0.717, 1.165) is 12.4 Å². The highest BCUT2D eigenvalue weighted by Gasteiger charge is 2.25. The van der Waals surface area contributed by atoms with Crippen molar-refractivity contribution in [3.63, 3.8) is 0 Å². The van der Waals surface area contributed by atoms with Crippen LogP contribution in [0.3, 0.4) is 0 Å². The number of rotatable bonds is 3. The molecule has 3 N–H and O–H groups in total. The van der Waals surface area contributed by atoms with Crippen molar-refractivity contribution in [2.45, 2.75) is 19.0 Å². The monoisotopic (exact) mass is 338 g/mol. The Morgan fingerprint density at radius 3 is 3.17 bits per heavy atom. The Labute approximate surface area is 138 Å². The number of H-pyrrole nitrogens is 1. The number of aromatic nitrogens is 2. The summed E-state index contributed by atoms with van der Waals surface area (Å²) in [6.45, 7) is 4.55. The molecule has 2 atom stereocenters. The molecule has 0 bridgehead atoms. The summed E-state index contributed by atoms with van der Waals surface area (Å²) < 4.78 is 5.42. The van der Waals surface area contributed by atoms with Gasteiger partial charge in [0.25, 0.3) is 5.91 Å². The fourth-order valence-electron chi connectivity index (χ4n) is 2.49. The van der Waals surface area contributed by atoms with Crippen LogP contribution in [0.2, 0.25) is 0 Å². The number of morpholine rings is 1. The summed E-state index contributed by atoms with van der Waals surface area (Å²) in [4.78, 5) is 14.0. The highest BCUT2D eigenvalue weighted by atomic mass is 35.5. The molecule has 0 aromatic carbocycles. The Balaban J connectivity index is 1.56. The maximum Gasteiger partial charge on any atom is 0.269 e. The van der Waals surface area contributed by atoms with Crippen molar-refractivity contribution < 1.29 is 9.53 Å². The lowest BCUT2D eigenvalue weighted by molar-refractivity contribution is 0.0333. The van der Waals surface area contributed by atoms with Gasteiger partial charge in [-0.25, -0.2) is 0 Å². The normalized spacial score (nSPS) is 24.5. The van der Waals surface area contributed by atoms with Gasteiger partial charge in [0.05, 0.1) is 25.3 Å². The molecule has 8 nitrogen and oxygen atoms in total. The minimum atomic E-state index is -0.247. The molecule has 1 amide bonds. The second kappa shape index (κ2) is 7.01. The number of ether oxygens (including phenoxy) is 1. The first-order chi connectivity index (χ1) is 11.1. The Hall–Kier alpha value is -2.06. The lowest BCUT2D eigenvalue weighted by Crippen LogP contribution is -2.49. The summed E-state index contributed by atoms with van der Waals surface area (Å²) in [5.74, 6) is 0.562. The fourth-order valence-corrected chi connectivity index (χ4v) is 2.72. The minimum Gasteiger partial charge on any atom is -0.377 e. The number of halogens is 1. The molecule has 1 aromatic heterocycles. The van der Waals surface area contributed by atoms with Gasteiger partial charge in [-0.3, -0.25) is 15.3 Å². The van der Waals surface area contributed by atoms with E-state index in [9.17, 15) is 4.79 Å². The van der Waals surface area contributed by atoms with E-state index in [1.54, 1.807) is 6.07 Å². The maximum atomic E-state index is 11.9. The number of hydrazone groups is 1. The number of amidine groups is 1. The van der Waals surface area contributed by atoms with Crippen LogP contribution >= 0.6 is 11.6 Å². The molecule has 1 saturated heterocycles. The first-order valence-electron chi connectivity index (χ1n) is 7.47. The molecule has 0 spiro atoms. The summed E-state index contributed by atoms with van der Waals surface area (Å²) >= 11 is 6.34. The van der Waals surface area contributed by atoms with Crippen LogP contribution in [-0.2, 0) is 4.74 Å². The maximum absolute atomic E-state index is 11.9. The summed E-state index contributed by atoms with van der Waals surface area (Å²) in [5, 5.41) is 14.1. The molecule has 1 aromatic rings. The summed E-state index contributed by atoms with van der Waals surface area (Å²) in [7, 11) is 0. The largest absolute Gasteiger partial charge is 0.377 e. The van der Waals surface area contributed by atoms with Crippen molar-refractivity contribution in [2.24, 2.45) is 5.10 Å². The lowest BCUT2D eigenvalue weighted by atomic mass is 10.2. The molecular weight excluding hydrogens is 320 g/mol. The minimum absolute atomic E-state index is 0.231.